The summed E-state index contributed by atoms with van der Waals surface area (Å²) < 4.78 is 54.5. The van der Waals surface area contributed by atoms with E-state index in [4.69, 9.17) is 52.5 Å². The summed E-state index contributed by atoms with van der Waals surface area (Å²) >= 11 is 0. The summed E-state index contributed by atoms with van der Waals surface area (Å²) in [5.74, 6) is 0.780. The average Bonchev–Trinajstić information content (AvgIpc) is 3.07. The van der Waals surface area contributed by atoms with Crippen molar-refractivity contribution in [2.24, 2.45) is 4.99 Å². The summed E-state index contributed by atoms with van der Waals surface area (Å²) in [4.78, 5) is 4.47. The summed E-state index contributed by atoms with van der Waals surface area (Å²) in [6, 6.07) is 17.6. The van der Waals surface area contributed by atoms with Crippen LogP contribution in [0, 0.1) is 0 Å². The highest BCUT2D eigenvalue weighted by Crippen LogP contribution is 2.18. The van der Waals surface area contributed by atoms with E-state index in [2.05, 4.69) is 4.99 Å². The molecular weight excluding hydrogens is 586 g/mol. The molecule has 0 fully saturated rings. The smallest absolute Gasteiger partial charge is 0.119 e. The topological polar surface area (TPSA) is 125 Å². The molecule has 45 heavy (non-hydrogen) atoms. The number of aliphatic hydroxyl groups is 1. The second-order valence-electron chi connectivity index (χ2n) is 9.25. The number of aliphatic hydroxyl groups excluding tert-OH is 1. The van der Waals surface area contributed by atoms with Crippen LogP contribution < -0.4 is 4.74 Å². The number of nitrogens with zero attached hydrogens (tertiary/aromatic N) is 1. The molecule has 254 valence electrons. The number of aliphatic imine (C=N–C) groups is 1. The Bertz CT molecular complexity index is 919. The quantitative estimate of drug-likeness (QED) is 0.0941. The molecule has 0 saturated heterocycles. The van der Waals surface area contributed by atoms with Crippen molar-refractivity contribution < 1.29 is 52.5 Å². The van der Waals surface area contributed by atoms with Crippen molar-refractivity contribution in [2.75, 3.05) is 132 Å². The van der Waals surface area contributed by atoms with Crippen LogP contribution in [0.25, 0.3) is 0 Å². The van der Waals surface area contributed by atoms with Crippen molar-refractivity contribution in [1.82, 2.24) is 0 Å². The molecule has 0 saturated carbocycles. The lowest BCUT2D eigenvalue weighted by Crippen LogP contribution is -2.15. The molecule has 12 nitrogen and oxygen atoms in total. The maximum absolute atomic E-state index is 8.58. The van der Waals surface area contributed by atoms with E-state index in [1.807, 2.05) is 60.8 Å². The molecule has 2 aromatic rings. The third-order valence-electron chi connectivity index (χ3n) is 5.71. The van der Waals surface area contributed by atoms with Gasteiger partial charge >= 0.3 is 0 Å². The fraction of sp³-hybridized carbons (Fsp3) is 0.606. The van der Waals surface area contributed by atoms with Gasteiger partial charge in [0.15, 0.2) is 0 Å². The molecule has 12 heteroatoms. The minimum absolute atomic E-state index is 0.0250. The molecule has 0 radical (unpaired) electrons. The maximum Gasteiger partial charge on any atom is 0.119 e. The first-order valence-electron chi connectivity index (χ1n) is 15.5. The Morgan fingerprint density at radius 2 is 0.778 bits per heavy atom. The van der Waals surface area contributed by atoms with Crippen LogP contribution in [0.1, 0.15) is 5.56 Å². The van der Waals surface area contributed by atoms with E-state index in [9.17, 15) is 0 Å². The van der Waals surface area contributed by atoms with Crippen molar-refractivity contribution in [3.8, 4) is 5.75 Å². The Hall–Kier alpha value is -2.49. The highest BCUT2D eigenvalue weighted by Gasteiger charge is 1.97. The Kier molecular flexibility index (Phi) is 25.9. The number of rotatable bonds is 32. The summed E-state index contributed by atoms with van der Waals surface area (Å²) in [6.45, 7) is 9.31. The van der Waals surface area contributed by atoms with E-state index in [0.717, 1.165) is 17.0 Å². The van der Waals surface area contributed by atoms with Gasteiger partial charge < -0.3 is 52.5 Å². The minimum Gasteiger partial charge on any atom is -0.491 e. The van der Waals surface area contributed by atoms with Gasteiger partial charge in [-0.3, -0.25) is 4.99 Å². The SMILES string of the molecule is OCCOCCOCCOCCOCCOCCOCCOCCOCCOCCOc1ccc(N=Cc2ccccc2)cc1. The Morgan fingerprint density at radius 3 is 1.16 bits per heavy atom. The minimum atomic E-state index is 0.0250. The van der Waals surface area contributed by atoms with E-state index >= 15 is 0 Å². The maximum atomic E-state index is 8.58. The third-order valence-corrected chi connectivity index (χ3v) is 5.71. The Morgan fingerprint density at radius 1 is 0.422 bits per heavy atom. The van der Waals surface area contributed by atoms with Crippen molar-refractivity contribution in [3.05, 3.63) is 60.2 Å². The molecule has 0 aliphatic carbocycles. The lowest BCUT2D eigenvalue weighted by atomic mass is 10.2. The lowest BCUT2D eigenvalue weighted by Gasteiger charge is -2.09. The number of hydrogen-bond acceptors (Lipinski definition) is 12. The highest BCUT2D eigenvalue weighted by molar-refractivity contribution is 5.81. The average molecular weight is 638 g/mol. The molecule has 0 aliphatic heterocycles. The third kappa shape index (κ3) is 24.4. The van der Waals surface area contributed by atoms with Crippen molar-refractivity contribution in [3.63, 3.8) is 0 Å². The first-order valence-corrected chi connectivity index (χ1v) is 15.5. The Balaban J connectivity index is 1.22. The van der Waals surface area contributed by atoms with Gasteiger partial charge in [0.05, 0.1) is 131 Å². The van der Waals surface area contributed by atoms with Gasteiger partial charge in [-0.2, -0.15) is 0 Å². The van der Waals surface area contributed by atoms with E-state index in [-0.39, 0.29) is 6.61 Å². The number of ether oxygens (including phenoxy) is 10. The molecule has 0 heterocycles. The first kappa shape index (κ1) is 38.7. The second kappa shape index (κ2) is 30.2. The second-order valence-corrected chi connectivity index (χ2v) is 9.25. The molecule has 2 aromatic carbocycles. The molecule has 1 N–H and O–H groups in total. The zero-order valence-corrected chi connectivity index (χ0v) is 26.4. The van der Waals surface area contributed by atoms with Gasteiger partial charge in [0, 0.05) is 6.21 Å². The predicted octanol–water partition coefficient (Wildman–Crippen LogP) is 2.96. The molecule has 0 amide bonds. The normalized spacial score (nSPS) is 11.5. The molecule has 0 bridgehead atoms. The van der Waals surface area contributed by atoms with Crippen molar-refractivity contribution in [1.29, 1.82) is 0 Å². The van der Waals surface area contributed by atoms with Crippen LogP contribution in [-0.2, 0) is 42.6 Å². The van der Waals surface area contributed by atoms with Crippen LogP contribution in [0.4, 0.5) is 5.69 Å². The summed E-state index contributed by atoms with van der Waals surface area (Å²) in [5, 5.41) is 8.58. The van der Waals surface area contributed by atoms with Crippen LogP contribution in [-0.4, -0.2) is 143 Å². The molecule has 0 unspecified atom stereocenters. The van der Waals surface area contributed by atoms with Crippen LogP contribution in [0.5, 0.6) is 5.75 Å². The van der Waals surface area contributed by atoms with Crippen LogP contribution in [0.15, 0.2) is 59.6 Å². The predicted molar refractivity (Wildman–Crippen MR) is 170 cm³/mol. The summed E-state index contributed by atoms with van der Waals surface area (Å²) in [5.41, 5.74) is 1.93. The van der Waals surface area contributed by atoms with E-state index in [1.165, 1.54) is 0 Å². The summed E-state index contributed by atoms with van der Waals surface area (Å²) in [7, 11) is 0. The van der Waals surface area contributed by atoms with Gasteiger partial charge in [0.25, 0.3) is 0 Å². The zero-order valence-electron chi connectivity index (χ0n) is 26.4. The van der Waals surface area contributed by atoms with Crippen LogP contribution in [0.3, 0.4) is 0 Å². The highest BCUT2D eigenvalue weighted by atomic mass is 16.6. The van der Waals surface area contributed by atoms with Crippen molar-refractivity contribution >= 4 is 11.9 Å². The lowest BCUT2D eigenvalue weighted by molar-refractivity contribution is -0.0258. The van der Waals surface area contributed by atoms with Crippen LogP contribution in [0.2, 0.25) is 0 Å². The zero-order chi connectivity index (χ0) is 31.7. The molecule has 0 atom stereocenters. The monoisotopic (exact) mass is 637 g/mol. The fourth-order valence-corrected chi connectivity index (χ4v) is 3.46. The largest absolute Gasteiger partial charge is 0.491 e. The van der Waals surface area contributed by atoms with Gasteiger partial charge in [-0.15, -0.1) is 0 Å². The van der Waals surface area contributed by atoms with E-state index in [1.54, 1.807) is 0 Å². The first-order chi connectivity index (χ1) is 22.4. The molecular formula is C33H51NO11. The van der Waals surface area contributed by atoms with E-state index < -0.39 is 0 Å². The number of hydrogen-bond donors (Lipinski definition) is 1. The van der Waals surface area contributed by atoms with E-state index in [0.29, 0.717) is 126 Å². The van der Waals surface area contributed by atoms with Gasteiger partial charge in [-0.05, 0) is 29.8 Å². The molecule has 0 aliphatic rings. The molecule has 2 rings (SSSR count). The standard InChI is InChI=1S/C33H51NO11/c35-10-11-36-12-13-37-14-15-38-16-17-39-18-19-40-20-21-41-22-23-42-24-25-43-26-27-44-28-29-45-33-8-6-32(7-9-33)34-30-31-4-2-1-3-5-31/h1-9,30,35H,10-29H2. The Labute approximate surface area is 267 Å². The molecule has 0 spiro atoms. The van der Waals surface area contributed by atoms with Crippen molar-refractivity contribution in [2.45, 2.75) is 0 Å². The fourth-order valence-electron chi connectivity index (χ4n) is 3.46. The van der Waals surface area contributed by atoms with Crippen LogP contribution >= 0.6 is 0 Å². The summed E-state index contributed by atoms with van der Waals surface area (Å²) in [6.07, 6.45) is 1.84. The van der Waals surface area contributed by atoms with Gasteiger partial charge in [-0.1, -0.05) is 30.3 Å². The van der Waals surface area contributed by atoms with Gasteiger partial charge in [-0.25, -0.2) is 0 Å². The molecule has 0 aromatic heterocycles. The van der Waals surface area contributed by atoms with Gasteiger partial charge in [0.1, 0.15) is 12.4 Å². The number of benzene rings is 2. The van der Waals surface area contributed by atoms with Gasteiger partial charge in [0.2, 0.25) is 0 Å².